The molecule has 150 valence electrons. The monoisotopic (exact) mass is 374 g/mol. The predicted molar refractivity (Wildman–Crippen MR) is 108 cm³/mol. The molecule has 7 nitrogen and oxygen atoms in total. The van der Waals surface area contributed by atoms with Gasteiger partial charge in [-0.1, -0.05) is 26.7 Å². The molecule has 27 heavy (non-hydrogen) atoms. The Hall–Kier alpha value is -1.44. The predicted octanol–water partition coefficient (Wildman–Crippen LogP) is 1.55. The summed E-state index contributed by atoms with van der Waals surface area (Å²) in [5.74, 6) is 3.07. The summed E-state index contributed by atoms with van der Waals surface area (Å²) in [6.45, 7) is 8.21. The number of aliphatic hydroxyl groups is 1. The Balaban J connectivity index is 1.48. The molecular formula is C20H34N6O. The van der Waals surface area contributed by atoms with Gasteiger partial charge in [0, 0.05) is 50.4 Å². The minimum atomic E-state index is -0.246. The molecule has 4 rings (SSSR count). The summed E-state index contributed by atoms with van der Waals surface area (Å²) in [6.07, 6.45) is 7.07. The van der Waals surface area contributed by atoms with Crippen LogP contribution in [-0.2, 0) is 0 Å². The van der Waals surface area contributed by atoms with Crippen molar-refractivity contribution in [1.82, 2.24) is 20.8 Å². The Morgan fingerprint density at radius 1 is 1.15 bits per heavy atom. The minimum Gasteiger partial charge on any atom is -0.391 e. The second-order valence-electron chi connectivity index (χ2n) is 8.35. The first-order chi connectivity index (χ1) is 13.2. The van der Waals surface area contributed by atoms with Gasteiger partial charge in [0.25, 0.3) is 0 Å². The van der Waals surface area contributed by atoms with Gasteiger partial charge in [0.15, 0.2) is 0 Å². The number of hydrogen-bond donors (Lipinski definition) is 3. The molecule has 3 N–H and O–H groups in total. The van der Waals surface area contributed by atoms with Crippen molar-refractivity contribution in [2.45, 2.75) is 64.1 Å². The topological polar surface area (TPSA) is 76.5 Å². The fraction of sp³-hybridized carbons (Fsp3) is 0.800. The maximum absolute atomic E-state index is 9.98. The summed E-state index contributed by atoms with van der Waals surface area (Å²) in [6, 6.07) is 3.04. The quantitative estimate of drug-likeness (QED) is 0.722. The van der Waals surface area contributed by atoms with Crippen LogP contribution in [0.1, 0.15) is 46.0 Å². The second kappa shape index (κ2) is 8.29. The van der Waals surface area contributed by atoms with Gasteiger partial charge in [0.05, 0.1) is 6.10 Å². The summed E-state index contributed by atoms with van der Waals surface area (Å²) in [7, 11) is 0. The number of piperidine rings is 2. The number of nitrogens with zero attached hydrogens (tertiary/aromatic N) is 4. The van der Waals surface area contributed by atoms with Gasteiger partial charge in [0.1, 0.15) is 5.82 Å². The van der Waals surface area contributed by atoms with Gasteiger partial charge in [-0.2, -0.15) is 4.98 Å². The number of rotatable bonds is 5. The maximum atomic E-state index is 9.98. The molecule has 0 spiro atoms. The van der Waals surface area contributed by atoms with Gasteiger partial charge in [-0.15, -0.1) is 0 Å². The average Bonchev–Trinajstić information content (AvgIpc) is 3.12. The number of hydrazine groups is 1. The van der Waals surface area contributed by atoms with Crippen LogP contribution in [0.2, 0.25) is 0 Å². The lowest BCUT2D eigenvalue weighted by molar-refractivity contribution is 0.154. The van der Waals surface area contributed by atoms with Crippen LogP contribution in [0.25, 0.3) is 0 Å². The van der Waals surface area contributed by atoms with E-state index >= 15 is 0 Å². The highest BCUT2D eigenvalue weighted by molar-refractivity contribution is 5.44. The zero-order valence-corrected chi connectivity index (χ0v) is 16.6. The van der Waals surface area contributed by atoms with E-state index in [1.807, 2.05) is 12.3 Å². The third-order valence-corrected chi connectivity index (χ3v) is 6.74. The van der Waals surface area contributed by atoms with E-state index in [4.69, 9.17) is 4.98 Å². The van der Waals surface area contributed by atoms with E-state index < -0.39 is 0 Å². The first-order valence-electron chi connectivity index (χ1n) is 10.7. The van der Waals surface area contributed by atoms with Gasteiger partial charge in [-0.25, -0.2) is 4.98 Å². The van der Waals surface area contributed by atoms with Crippen LogP contribution >= 0.6 is 0 Å². The Morgan fingerprint density at radius 2 is 2.00 bits per heavy atom. The standard InChI is InChI=1S/C20H34N6O/c1-3-14(4-2)19-16-13-26(11-8-17(16)23-24-19)20-21-9-7-18(22-20)25-10-5-6-15(27)12-25/h7,9,14-17,19,23-24,27H,3-6,8,10-13H2,1-2H3. The molecule has 0 aromatic carbocycles. The molecule has 7 heteroatoms. The van der Waals surface area contributed by atoms with Crippen LogP contribution in [0, 0.1) is 11.8 Å². The molecule has 1 aromatic rings. The van der Waals surface area contributed by atoms with Crippen LogP contribution in [-0.4, -0.2) is 59.4 Å². The minimum absolute atomic E-state index is 0.246. The molecule has 1 aromatic heterocycles. The molecule has 3 aliphatic rings. The second-order valence-corrected chi connectivity index (χ2v) is 8.35. The Kier molecular flexibility index (Phi) is 5.80. The third-order valence-electron chi connectivity index (χ3n) is 6.74. The molecule has 0 aliphatic carbocycles. The van der Waals surface area contributed by atoms with Crippen LogP contribution in [0.4, 0.5) is 11.8 Å². The first-order valence-corrected chi connectivity index (χ1v) is 10.7. The number of aliphatic hydroxyl groups excluding tert-OH is 1. The zero-order chi connectivity index (χ0) is 18.8. The summed E-state index contributed by atoms with van der Waals surface area (Å²) >= 11 is 0. The van der Waals surface area contributed by atoms with E-state index in [1.54, 1.807) is 0 Å². The number of nitrogens with one attached hydrogen (secondary N) is 2. The molecule has 0 radical (unpaired) electrons. The normalized spacial score (nSPS) is 31.4. The lowest BCUT2D eigenvalue weighted by Gasteiger charge is -2.38. The number of β-amino-alcohol motifs (C(OH)–C–C–N with tert-alkyl or cyclic N) is 1. The molecule has 0 amide bonds. The van der Waals surface area contributed by atoms with Crippen molar-refractivity contribution in [3.63, 3.8) is 0 Å². The van der Waals surface area contributed by atoms with E-state index in [2.05, 4.69) is 39.5 Å². The van der Waals surface area contributed by atoms with Crippen LogP contribution < -0.4 is 20.7 Å². The van der Waals surface area contributed by atoms with Gasteiger partial charge in [0.2, 0.25) is 5.95 Å². The maximum Gasteiger partial charge on any atom is 0.227 e. The van der Waals surface area contributed by atoms with Gasteiger partial charge < -0.3 is 14.9 Å². The molecule has 0 bridgehead atoms. The van der Waals surface area contributed by atoms with Crippen molar-refractivity contribution in [3.05, 3.63) is 12.3 Å². The fourth-order valence-corrected chi connectivity index (χ4v) is 5.11. The Bertz CT molecular complexity index is 624. The molecule has 4 heterocycles. The van der Waals surface area contributed by atoms with Gasteiger partial charge in [-0.3, -0.25) is 10.9 Å². The van der Waals surface area contributed by atoms with E-state index in [9.17, 15) is 5.11 Å². The average molecular weight is 375 g/mol. The van der Waals surface area contributed by atoms with E-state index in [0.717, 1.165) is 50.7 Å². The van der Waals surface area contributed by atoms with E-state index in [-0.39, 0.29) is 6.10 Å². The summed E-state index contributed by atoms with van der Waals surface area (Å²) in [4.78, 5) is 14.0. The van der Waals surface area contributed by atoms with Crippen molar-refractivity contribution in [2.24, 2.45) is 11.8 Å². The first kappa shape index (κ1) is 18.9. The largest absolute Gasteiger partial charge is 0.391 e. The Labute approximate surface area is 162 Å². The molecule has 3 saturated heterocycles. The van der Waals surface area contributed by atoms with Crippen LogP contribution in [0.15, 0.2) is 12.3 Å². The third kappa shape index (κ3) is 3.91. The van der Waals surface area contributed by atoms with Crippen molar-refractivity contribution >= 4 is 11.8 Å². The van der Waals surface area contributed by atoms with Crippen molar-refractivity contribution in [2.75, 3.05) is 36.0 Å². The molecule has 3 aliphatic heterocycles. The summed E-state index contributed by atoms with van der Waals surface area (Å²) < 4.78 is 0. The summed E-state index contributed by atoms with van der Waals surface area (Å²) in [5, 5.41) is 9.98. The van der Waals surface area contributed by atoms with Gasteiger partial charge in [-0.05, 0) is 31.2 Å². The number of anilines is 2. The SMILES string of the molecule is CCC(CC)C1NNC2CCN(c3nccc(N4CCCC(O)C4)n3)CC21. The molecule has 0 saturated carbocycles. The number of aromatic nitrogens is 2. The van der Waals surface area contributed by atoms with Crippen LogP contribution in [0.3, 0.4) is 0 Å². The lowest BCUT2D eigenvalue weighted by atomic mass is 9.80. The smallest absolute Gasteiger partial charge is 0.227 e. The molecular weight excluding hydrogens is 340 g/mol. The summed E-state index contributed by atoms with van der Waals surface area (Å²) in [5.41, 5.74) is 7.13. The zero-order valence-electron chi connectivity index (χ0n) is 16.6. The number of fused-ring (bicyclic) bond motifs is 1. The van der Waals surface area contributed by atoms with Crippen molar-refractivity contribution in [3.8, 4) is 0 Å². The lowest BCUT2D eigenvalue weighted by Crippen LogP contribution is -2.48. The highest BCUT2D eigenvalue weighted by atomic mass is 16.3. The highest BCUT2D eigenvalue weighted by Gasteiger charge is 2.42. The Morgan fingerprint density at radius 3 is 2.78 bits per heavy atom. The van der Waals surface area contributed by atoms with Crippen molar-refractivity contribution in [1.29, 1.82) is 0 Å². The number of hydrogen-bond acceptors (Lipinski definition) is 7. The van der Waals surface area contributed by atoms with Gasteiger partial charge >= 0.3 is 0 Å². The van der Waals surface area contributed by atoms with E-state index in [1.165, 1.54) is 12.8 Å². The van der Waals surface area contributed by atoms with Crippen LogP contribution in [0.5, 0.6) is 0 Å². The van der Waals surface area contributed by atoms with Crippen molar-refractivity contribution < 1.29 is 5.11 Å². The molecule has 4 atom stereocenters. The highest BCUT2D eigenvalue weighted by Crippen LogP contribution is 2.32. The molecule has 3 fully saturated rings. The van der Waals surface area contributed by atoms with E-state index in [0.29, 0.717) is 30.5 Å². The fourth-order valence-electron chi connectivity index (χ4n) is 5.11. The molecule has 4 unspecified atom stereocenters.